The summed E-state index contributed by atoms with van der Waals surface area (Å²) in [6, 6.07) is 8.94. The SMILES string of the molecule is CC(C)c1ccc(C(=O)Nc2cc(F)c(Br)cc2F)cc1. The number of anilines is 1. The normalized spacial score (nSPS) is 10.8. The van der Waals surface area contributed by atoms with Crippen LogP contribution in [0.25, 0.3) is 0 Å². The molecule has 1 N–H and O–H groups in total. The zero-order chi connectivity index (χ0) is 15.6. The number of carbonyl (C=O) groups excluding carboxylic acids is 1. The first kappa shape index (κ1) is 15.6. The van der Waals surface area contributed by atoms with Gasteiger partial charge in [-0.2, -0.15) is 0 Å². The van der Waals surface area contributed by atoms with Gasteiger partial charge in [-0.05, 0) is 45.6 Å². The molecule has 0 heterocycles. The van der Waals surface area contributed by atoms with Crippen LogP contribution in [-0.4, -0.2) is 5.91 Å². The Labute approximate surface area is 130 Å². The quantitative estimate of drug-likeness (QED) is 0.763. The van der Waals surface area contributed by atoms with Crippen molar-refractivity contribution in [3.8, 4) is 0 Å². The van der Waals surface area contributed by atoms with E-state index in [1.807, 2.05) is 12.1 Å². The lowest BCUT2D eigenvalue weighted by atomic mass is 10.0. The number of nitrogens with one attached hydrogen (secondary N) is 1. The van der Waals surface area contributed by atoms with Crippen LogP contribution in [0.15, 0.2) is 40.9 Å². The Morgan fingerprint density at radius 1 is 1.10 bits per heavy atom. The molecule has 1 amide bonds. The second kappa shape index (κ2) is 6.35. The third kappa shape index (κ3) is 3.67. The Morgan fingerprint density at radius 2 is 1.71 bits per heavy atom. The van der Waals surface area contributed by atoms with Gasteiger partial charge in [-0.25, -0.2) is 8.78 Å². The van der Waals surface area contributed by atoms with E-state index in [9.17, 15) is 13.6 Å². The van der Waals surface area contributed by atoms with Crippen LogP contribution in [0.3, 0.4) is 0 Å². The van der Waals surface area contributed by atoms with Crippen LogP contribution < -0.4 is 5.32 Å². The highest BCUT2D eigenvalue weighted by Crippen LogP contribution is 2.24. The summed E-state index contributed by atoms with van der Waals surface area (Å²) in [5.74, 6) is -1.46. The lowest BCUT2D eigenvalue weighted by molar-refractivity contribution is 0.102. The molecule has 110 valence electrons. The lowest BCUT2D eigenvalue weighted by Gasteiger charge is -2.09. The van der Waals surface area contributed by atoms with Crippen molar-refractivity contribution in [1.29, 1.82) is 0 Å². The molecule has 0 aliphatic rings. The minimum absolute atomic E-state index is 0.0132. The summed E-state index contributed by atoms with van der Waals surface area (Å²) in [6.07, 6.45) is 0. The smallest absolute Gasteiger partial charge is 0.255 e. The third-order valence-electron chi connectivity index (χ3n) is 3.10. The van der Waals surface area contributed by atoms with E-state index in [2.05, 4.69) is 35.1 Å². The first-order chi connectivity index (χ1) is 9.88. The van der Waals surface area contributed by atoms with E-state index in [0.717, 1.165) is 17.7 Å². The van der Waals surface area contributed by atoms with E-state index in [4.69, 9.17) is 0 Å². The summed E-state index contributed by atoms with van der Waals surface area (Å²) in [4.78, 5) is 12.0. The standard InChI is InChI=1S/C16H14BrF2NO/c1-9(2)10-3-5-11(6-4-10)16(21)20-15-8-13(18)12(17)7-14(15)19/h3-9H,1-2H3,(H,20,21). The van der Waals surface area contributed by atoms with Gasteiger partial charge >= 0.3 is 0 Å². The fraction of sp³-hybridized carbons (Fsp3) is 0.188. The van der Waals surface area contributed by atoms with E-state index in [1.165, 1.54) is 0 Å². The molecule has 0 fully saturated rings. The van der Waals surface area contributed by atoms with Crippen LogP contribution in [0.4, 0.5) is 14.5 Å². The molecule has 2 nitrogen and oxygen atoms in total. The topological polar surface area (TPSA) is 29.1 Å². The number of amides is 1. The van der Waals surface area contributed by atoms with E-state index in [1.54, 1.807) is 12.1 Å². The molecule has 0 atom stereocenters. The van der Waals surface area contributed by atoms with Crippen molar-refractivity contribution in [1.82, 2.24) is 0 Å². The Bertz CT molecular complexity index is 669. The molecule has 0 spiro atoms. The highest BCUT2D eigenvalue weighted by Gasteiger charge is 2.12. The maximum atomic E-state index is 13.7. The predicted octanol–water partition coefficient (Wildman–Crippen LogP) is 5.10. The van der Waals surface area contributed by atoms with Gasteiger partial charge in [0.05, 0.1) is 10.2 Å². The van der Waals surface area contributed by atoms with Gasteiger partial charge in [0, 0.05) is 11.6 Å². The van der Waals surface area contributed by atoms with Crippen molar-refractivity contribution >= 4 is 27.5 Å². The number of hydrogen-bond acceptors (Lipinski definition) is 1. The van der Waals surface area contributed by atoms with Gasteiger partial charge in [0.15, 0.2) is 0 Å². The van der Waals surface area contributed by atoms with Crippen molar-refractivity contribution in [2.24, 2.45) is 0 Å². The Hall–Kier alpha value is -1.75. The van der Waals surface area contributed by atoms with Gasteiger partial charge in [-0.15, -0.1) is 0 Å². The van der Waals surface area contributed by atoms with E-state index < -0.39 is 17.5 Å². The van der Waals surface area contributed by atoms with E-state index in [-0.39, 0.29) is 10.2 Å². The average molecular weight is 354 g/mol. The molecule has 2 aromatic rings. The van der Waals surface area contributed by atoms with Crippen LogP contribution in [0.1, 0.15) is 35.7 Å². The van der Waals surface area contributed by atoms with Crippen LogP contribution in [-0.2, 0) is 0 Å². The number of carbonyl (C=O) groups is 1. The molecule has 0 unspecified atom stereocenters. The summed E-state index contributed by atoms with van der Waals surface area (Å²) in [5.41, 5.74) is 1.31. The van der Waals surface area contributed by atoms with Crippen LogP contribution in [0.5, 0.6) is 0 Å². The molecule has 5 heteroatoms. The van der Waals surface area contributed by atoms with Crippen LogP contribution >= 0.6 is 15.9 Å². The number of hydrogen-bond donors (Lipinski definition) is 1. The van der Waals surface area contributed by atoms with Gasteiger partial charge in [-0.1, -0.05) is 26.0 Å². The van der Waals surface area contributed by atoms with Crippen molar-refractivity contribution in [3.05, 3.63) is 63.6 Å². The van der Waals surface area contributed by atoms with Gasteiger partial charge in [0.2, 0.25) is 0 Å². The summed E-state index contributed by atoms with van der Waals surface area (Å²) >= 11 is 2.89. The maximum Gasteiger partial charge on any atom is 0.255 e. The monoisotopic (exact) mass is 353 g/mol. The molecule has 0 saturated carbocycles. The minimum atomic E-state index is -0.699. The zero-order valence-corrected chi connectivity index (χ0v) is 13.2. The zero-order valence-electron chi connectivity index (χ0n) is 11.6. The first-order valence-electron chi connectivity index (χ1n) is 6.44. The minimum Gasteiger partial charge on any atom is -0.319 e. The maximum absolute atomic E-state index is 13.7. The summed E-state index contributed by atoms with van der Waals surface area (Å²) in [5, 5.41) is 2.37. The van der Waals surface area contributed by atoms with E-state index >= 15 is 0 Å². The fourth-order valence-electron chi connectivity index (χ4n) is 1.83. The Kier molecular flexibility index (Phi) is 4.73. The molecule has 0 saturated heterocycles. The molecule has 2 rings (SSSR count). The Balaban J connectivity index is 2.20. The van der Waals surface area contributed by atoms with Crippen molar-refractivity contribution in [2.75, 3.05) is 5.32 Å². The summed E-state index contributed by atoms with van der Waals surface area (Å²) in [6.45, 7) is 4.10. The van der Waals surface area contributed by atoms with Gasteiger partial charge in [0.25, 0.3) is 5.91 Å². The fourth-order valence-corrected chi connectivity index (χ4v) is 2.15. The number of benzene rings is 2. The predicted molar refractivity (Wildman–Crippen MR) is 82.5 cm³/mol. The van der Waals surface area contributed by atoms with Crippen molar-refractivity contribution < 1.29 is 13.6 Å². The van der Waals surface area contributed by atoms with Crippen LogP contribution in [0.2, 0.25) is 0 Å². The van der Waals surface area contributed by atoms with Gasteiger partial charge in [-0.3, -0.25) is 4.79 Å². The number of rotatable bonds is 3. The van der Waals surface area contributed by atoms with Crippen molar-refractivity contribution in [2.45, 2.75) is 19.8 Å². The molecular weight excluding hydrogens is 340 g/mol. The largest absolute Gasteiger partial charge is 0.319 e. The van der Waals surface area contributed by atoms with Gasteiger partial charge < -0.3 is 5.32 Å². The molecule has 0 bridgehead atoms. The molecule has 0 aliphatic heterocycles. The number of halogens is 3. The Morgan fingerprint density at radius 3 is 2.29 bits per heavy atom. The van der Waals surface area contributed by atoms with Crippen LogP contribution in [0, 0.1) is 11.6 Å². The average Bonchev–Trinajstić information content (AvgIpc) is 2.44. The highest BCUT2D eigenvalue weighted by atomic mass is 79.9. The van der Waals surface area contributed by atoms with Gasteiger partial charge in [0.1, 0.15) is 11.6 Å². The molecule has 2 aromatic carbocycles. The molecule has 0 aliphatic carbocycles. The summed E-state index contributed by atoms with van der Waals surface area (Å²) in [7, 11) is 0. The highest BCUT2D eigenvalue weighted by molar-refractivity contribution is 9.10. The lowest BCUT2D eigenvalue weighted by Crippen LogP contribution is -2.13. The van der Waals surface area contributed by atoms with E-state index in [0.29, 0.717) is 11.5 Å². The second-order valence-electron chi connectivity index (χ2n) is 4.98. The third-order valence-corrected chi connectivity index (χ3v) is 3.71. The first-order valence-corrected chi connectivity index (χ1v) is 7.23. The molecule has 0 radical (unpaired) electrons. The molecule has 0 aromatic heterocycles. The van der Waals surface area contributed by atoms with Crippen molar-refractivity contribution in [3.63, 3.8) is 0 Å². The second-order valence-corrected chi connectivity index (χ2v) is 5.83. The molecule has 21 heavy (non-hydrogen) atoms. The molecular formula is C16H14BrF2NO. The summed E-state index contributed by atoms with van der Waals surface area (Å²) < 4.78 is 27.1.